The summed E-state index contributed by atoms with van der Waals surface area (Å²) >= 11 is 3.45. The van der Waals surface area contributed by atoms with E-state index in [1.54, 1.807) is 0 Å². The number of aryl methyl sites for hydroxylation is 1. The van der Waals surface area contributed by atoms with E-state index in [4.69, 9.17) is 11.1 Å². The van der Waals surface area contributed by atoms with Gasteiger partial charge in [0.25, 0.3) is 0 Å². The molecular formula is C11H15BrFN3. The lowest BCUT2D eigenvalue weighted by atomic mass is 10.1. The van der Waals surface area contributed by atoms with Gasteiger partial charge in [0.05, 0.1) is 6.67 Å². The molecule has 0 radical (unpaired) electrons. The van der Waals surface area contributed by atoms with Gasteiger partial charge in [0.1, 0.15) is 0 Å². The lowest BCUT2D eigenvalue weighted by molar-refractivity contribution is 0.473. The predicted octanol–water partition coefficient (Wildman–Crippen LogP) is 2.33. The number of nitrogens with two attached hydrogens (primary N) is 1. The van der Waals surface area contributed by atoms with E-state index in [1.165, 1.54) is 0 Å². The summed E-state index contributed by atoms with van der Waals surface area (Å²) in [5.74, 6) is -0.0439. The molecule has 3 nitrogen and oxygen atoms in total. The molecule has 0 heterocycles. The van der Waals surface area contributed by atoms with Crippen molar-refractivity contribution >= 4 is 21.9 Å². The number of alkyl halides is 1. The van der Waals surface area contributed by atoms with E-state index in [1.807, 2.05) is 18.2 Å². The first-order valence-corrected chi connectivity index (χ1v) is 5.84. The predicted molar refractivity (Wildman–Crippen MR) is 67.2 cm³/mol. The number of guanidine groups is 1. The molecule has 0 saturated carbocycles. The zero-order valence-corrected chi connectivity index (χ0v) is 10.5. The number of hydrogen-bond acceptors (Lipinski definition) is 1. The number of hydrogen-bond donors (Lipinski definition) is 3. The molecule has 88 valence electrons. The van der Waals surface area contributed by atoms with Crippen LogP contribution >= 0.6 is 15.9 Å². The van der Waals surface area contributed by atoms with Crippen LogP contribution in [0.1, 0.15) is 17.5 Å². The SMILES string of the molecule is N=C(N)NCc1ccc(CCCF)c(Br)c1. The molecule has 0 spiro atoms. The molecule has 1 rings (SSSR count). The Morgan fingerprint density at radius 1 is 1.50 bits per heavy atom. The average molecular weight is 288 g/mol. The van der Waals surface area contributed by atoms with Crippen molar-refractivity contribution in [3.8, 4) is 0 Å². The van der Waals surface area contributed by atoms with Gasteiger partial charge in [0.15, 0.2) is 5.96 Å². The van der Waals surface area contributed by atoms with Gasteiger partial charge >= 0.3 is 0 Å². The minimum absolute atomic E-state index is 0.0439. The van der Waals surface area contributed by atoms with Crippen LogP contribution in [0, 0.1) is 5.41 Å². The van der Waals surface area contributed by atoms with E-state index in [0.29, 0.717) is 13.0 Å². The van der Waals surface area contributed by atoms with E-state index < -0.39 is 0 Å². The molecule has 0 unspecified atom stereocenters. The molecule has 1 aromatic carbocycles. The van der Waals surface area contributed by atoms with Crippen LogP contribution in [0.4, 0.5) is 4.39 Å². The average Bonchev–Trinajstić information content (AvgIpc) is 2.25. The van der Waals surface area contributed by atoms with Gasteiger partial charge in [0.2, 0.25) is 0 Å². The summed E-state index contributed by atoms with van der Waals surface area (Å²) < 4.78 is 13.0. The van der Waals surface area contributed by atoms with Crippen LogP contribution < -0.4 is 11.1 Å². The van der Waals surface area contributed by atoms with Crippen LogP contribution in [0.25, 0.3) is 0 Å². The summed E-state index contributed by atoms with van der Waals surface area (Å²) in [4.78, 5) is 0. The third-order valence-corrected chi connectivity index (χ3v) is 2.92. The molecule has 0 bridgehead atoms. The topological polar surface area (TPSA) is 61.9 Å². The summed E-state index contributed by atoms with van der Waals surface area (Å²) in [5, 5.41) is 9.78. The molecule has 0 aliphatic heterocycles. The van der Waals surface area contributed by atoms with E-state index in [-0.39, 0.29) is 12.6 Å². The molecule has 0 aliphatic rings. The van der Waals surface area contributed by atoms with Crippen molar-refractivity contribution in [2.45, 2.75) is 19.4 Å². The maximum atomic E-state index is 12.0. The molecule has 0 aliphatic carbocycles. The highest BCUT2D eigenvalue weighted by atomic mass is 79.9. The Balaban J connectivity index is 2.63. The monoisotopic (exact) mass is 287 g/mol. The molecule has 1 aromatic rings. The fraction of sp³-hybridized carbons (Fsp3) is 0.364. The Hall–Kier alpha value is -1.10. The summed E-state index contributed by atoms with van der Waals surface area (Å²) in [5.41, 5.74) is 7.33. The molecular weight excluding hydrogens is 273 g/mol. The number of benzene rings is 1. The van der Waals surface area contributed by atoms with Crippen LogP contribution in [-0.4, -0.2) is 12.6 Å². The molecule has 16 heavy (non-hydrogen) atoms. The van der Waals surface area contributed by atoms with Crippen molar-refractivity contribution in [1.29, 1.82) is 5.41 Å². The van der Waals surface area contributed by atoms with Crippen LogP contribution in [0.15, 0.2) is 22.7 Å². The van der Waals surface area contributed by atoms with Crippen molar-refractivity contribution in [3.05, 3.63) is 33.8 Å². The van der Waals surface area contributed by atoms with Gasteiger partial charge in [0, 0.05) is 11.0 Å². The highest BCUT2D eigenvalue weighted by Gasteiger charge is 2.01. The minimum atomic E-state index is -0.292. The van der Waals surface area contributed by atoms with Crippen LogP contribution in [0.2, 0.25) is 0 Å². The lowest BCUT2D eigenvalue weighted by Gasteiger charge is -2.07. The van der Waals surface area contributed by atoms with Crippen molar-refractivity contribution in [2.24, 2.45) is 5.73 Å². The Morgan fingerprint density at radius 3 is 2.81 bits per heavy atom. The summed E-state index contributed by atoms with van der Waals surface area (Å²) in [6.45, 7) is 0.234. The molecule has 0 amide bonds. The van der Waals surface area contributed by atoms with E-state index in [0.717, 1.165) is 22.0 Å². The smallest absolute Gasteiger partial charge is 0.185 e. The maximum absolute atomic E-state index is 12.0. The number of nitrogens with one attached hydrogen (secondary N) is 2. The van der Waals surface area contributed by atoms with Crippen molar-refractivity contribution < 1.29 is 4.39 Å². The standard InChI is InChI=1S/C11H15BrFN3/c12-10-6-8(7-16-11(14)15)3-4-9(10)2-1-5-13/h3-4,6H,1-2,5,7H2,(H4,14,15,16). The van der Waals surface area contributed by atoms with Crippen LogP contribution in [0.5, 0.6) is 0 Å². The third kappa shape index (κ3) is 4.18. The van der Waals surface area contributed by atoms with Gasteiger partial charge in [-0.1, -0.05) is 28.1 Å². The molecule has 0 atom stereocenters. The number of halogens is 2. The summed E-state index contributed by atoms with van der Waals surface area (Å²) in [6, 6.07) is 5.88. The Bertz CT molecular complexity index is 368. The Morgan fingerprint density at radius 2 is 2.25 bits per heavy atom. The first-order chi connectivity index (χ1) is 7.63. The molecule has 5 heteroatoms. The number of rotatable bonds is 5. The fourth-order valence-electron chi connectivity index (χ4n) is 1.36. The van der Waals surface area contributed by atoms with Gasteiger partial charge in [-0.2, -0.15) is 0 Å². The largest absolute Gasteiger partial charge is 0.370 e. The lowest BCUT2D eigenvalue weighted by Crippen LogP contribution is -2.29. The molecule has 0 saturated heterocycles. The van der Waals surface area contributed by atoms with Crippen molar-refractivity contribution in [3.63, 3.8) is 0 Å². The fourth-order valence-corrected chi connectivity index (χ4v) is 1.98. The van der Waals surface area contributed by atoms with Gasteiger partial charge < -0.3 is 11.1 Å². The normalized spacial score (nSPS) is 10.1. The minimum Gasteiger partial charge on any atom is -0.370 e. The van der Waals surface area contributed by atoms with E-state index >= 15 is 0 Å². The van der Waals surface area contributed by atoms with Gasteiger partial charge in [-0.25, -0.2) is 0 Å². The van der Waals surface area contributed by atoms with Crippen molar-refractivity contribution in [2.75, 3.05) is 6.67 Å². The second-order valence-electron chi connectivity index (χ2n) is 3.49. The quantitative estimate of drug-likeness (QED) is 0.575. The second kappa shape index (κ2) is 6.48. The highest BCUT2D eigenvalue weighted by Crippen LogP contribution is 2.20. The van der Waals surface area contributed by atoms with E-state index in [2.05, 4.69) is 21.2 Å². The first-order valence-electron chi connectivity index (χ1n) is 5.04. The van der Waals surface area contributed by atoms with Crippen molar-refractivity contribution in [1.82, 2.24) is 5.32 Å². The summed E-state index contributed by atoms with van der Waals surface area (Å²) in [6.07, 6.45) is 1.28. The Kier molecular flexibility index (Phi) is 5.25. The molecule has 0 aromatic heterocycles. The summed E-state index contributed by atoms with van der Waals surface area (Å²) in [7, 11) is 0. The van der Waals surface area contributed by atoms with E-state index in [9.17, 15) is 4.39 Å². The zero-order chi connectivity index (χ0) is 12.0. The highest BCUT2D eigenvalue weighted by molar-refractivity contribution is 9.10. The van der Waals surface area contributed by atoms with Crippen LogP contribution in [-0.2, 0) is 13.0 Å². The maximum Gasteiger partial charge on any atom is 0.185 e. The van der Waals surface area contributed by atoms with Crippen LogP contribution in [0.3, 0.4) is 0 Å². The third-order valence-electron chi connectivity index (χ3n) is 2.18. The molecule has 4 N–H and O–H groups in total. The first kappa shape index (κ1) is 13.0. The van der Waals surface area contributed by atoms with Gasteiger partial charge in [-0.15, -0.1) is 0 Å². The molecule has 0 fully saturated rings. The second-order valence-corrected chi connectivity index (χ2v) is 4.34. The Labute approximate surface area is 103 Å². The van der Waals surface area contributed by atoms with Gasteiger partial charge in [-0.05, 0) is 30.0 Å². The van der Waals surface area contributed by atoms with Gasteiger partial charge in [-0.3, -0.25) is 9.80 Å². The zero-order valence-electron chi connectivity index (χ0n) is 8.89.